The van der Waals surface area contributed by atoms with Gasteiger partial charge in [0.15, 0.2) is 0 Å². The van der Waals surface area contributed by atoms with Crippen LogP contribution in [0.5, 0.6) is 0 Å². The third-order valence-corrected chi connectivity index (χ3v) is 2.77. The summed E-state index contributed by atoms with van der Waals surface area (Å²) in [5.74, 6) is -0.410. The Morgan fingerprint density at radius 3 is 2.40 bits per heavy atom. The quantitative estimate of drug-likeness (QED) is 0.644. The van der Waals surface area contributed by atoms with Crippen molar-refractivity contribution in [2.45, 2.75) is 26.8 Å². The zero-order chi connectivity index (χ0) is 12.0. The molecular weight excluding hydrogens is 192 g/mol. The van der Waals surface area contributed by atoms with E-state index in [2.05, 4.69) is 10.8 Å². The highest BCUT2D eigenvalue weighted by Gasteiger charge is 2.24. The average Bonchev–Trinajstić information content (AvgIpc) is 2.25. The molecule has 15 heavy (non-hydrogen) atoms. The Kier molecular flexibility index (Phi) is 5.95. The van der Waals surface area contributed by atoms with Crippen LogP contribution in [0.1, 0.15) is 20.8 Å². The maximum absolute atomic E-state index is 11.3. The Morgan fingerprint density at radius 2 is 2.00 bits per heavy atom. The lowest BCUT2D eigenvalue weighted by atomic mass is 10.0. The van der Waals surface area contributed by atoms with Crippen LogP contribution >= 0.6 is 0 Å². The third-order valence-electron chi connectivity index (χ3n) is 2.77. The lowest BCUT2D eigenvalue weighted by Gasteiger charge is -2.28. The highest BCUT2D eigenvalue weighted by Crippen LogP contribution is 2.12. The van der Waals surface area contributed by atoms with Gasteiger partial charge in [-0.15, -0.1) is 0 Å². The van der Waals surface area contributed by atoms with Crippen molar-refractivity contribution in [3.8, 4) is 6.07 Å². The molecule has 0 aromatic rings. The topological polar surface area (TPSA) is 53.3 Å². The second-order valence-corrected chi connectivity index (χ2v) is 4.02. The number of hydrogen-bond donors (Lipinski definition) is 0. The zero-order valence-corrected chi connectivity index (χ0v) is 10.2. The Morgan fingerprint density at radius 1 is 1.47 bits per heavy atom. The molecule has 0 N–H and O–H groups in total. The van der Waals surface area contributed by atoms with E-state index in [0.717, 1.165) is 0 Å². The van der Waals surface area contributed by atoms with Gasteiger partial charge in [-0.3, -0.25) is 4.79 Å². The van der Waals surface area contributed by atoms with Crippen LogP contribution in [0.4, 0.5) is 0 Å². The first-order chi connectivity index (χ1) is 6.93. The predicted molar refractivity (Wildman–Crippen MR) is 58.0 cm³/mol. The maximum atomic E-state index is 11.3. The number of methoxy groups -OCH3 is 1. The largest absolute Gasteiger partial charge is 0.469 e. The molecular formula is C11H20N2O2. The summed E-state index contributed by atoms with van der Waals surface area (Å²) in [7, 11) is 3.31. The molecule has 0 aromatic heterocycles. The van der Waals surface area contributed by atoms with Crippen LogP contribution in [0.15, 0.2) is 0 Å². The summed E-state index contributed by atoms with van der Waals surface area (Å²) in [6.45, 7) is 6.33. The number of carbonyl (C=O) groups excluding carboxylic acids is 1. The smallest absolute Gasteiger partial charge is 0.309 e. The highest BCUT2D eigenvalue weighted by molar-refractivity contribution is 5.72. The van der Waals surface area contributed by atoms with E-state index in [1.807, 2.05) is 32.7 Å². The Hall–Kier alpha value is -1.08. The van der Waals surface area contributed by atoms with Gasteiger partial charge in [-0.25, -0.2) is 0 Å². The molecule has 0 bridgehead atoms. The maximum Gasteiger partial charge on any atom is 0.309 e. The van der Waals surface area contributed by atoms with E-state index < -0.39 is 0 Å². The SMILES string of the molecule is COC(=O)C(C)C(C)N(C)CC(C)C#N. The third kappa shape index (κ3) is 4.30. The van der Waals surface area contributed by atoms with Crippen molar-refractivity contribution in [2.24, 2.45) is 11.8 Å². The Labute approximate surface area is 91.8 Å². The molecule has 4 nitrogen and oxygen atoms in total. The molecule has 0 heterocycles. The first kappa shape index (κ1) is 13.9. The number of carbonyl (C=O) groups is 1. The van der Waals surface area contributed by atoms with Gasteiger partial charge in [0.2, 0.25) is 0 Å². The van der Waals surface area contributed by atoms with Gasteiger partial charge < -0.3 is 9.64 Å². The first-order valence-corrected chi connectivity index (χ1v) is 5.11. The summed E-state index contributed by atoms with van der Waals surface area (Å²) >= 11 is 0. The van der Waals surface area contributed by atoms with Crippen molar-refractivity contribution in [1.29, 1.82) is 5.26 Å². The van der Waals surface area contributed by atoms with Crippen molar-refractivity contribution in [2.75, 3.05) is 20.7 Å². The fourth-order valence-corrected chi connectivity index (χ4v) is 1.40. The number of nitrogens with zero attached hydrogens (tertiary/aromatic N) is 2. The minimum Gasteiger partial charge on any atom is -0.469 e. The van der Waals surface area contributed by atoms with E-state index >= 15 is 0 Å². The Balaban J connectivity index is 4.25. The zero-order valence-electron chi connectivity index (χ0n) is 10.2. The molecule has 0 aliphatic heterocycles. The van der Waals surface area contributed by atoms with Crippen molar-refractivity contribution < 1.29 is 9.53 Å². The molecule has 0 radical (unpaired) electrons. The van der Waals surface area contributed by atoms with Gasteiger partial charge in [-0.2, -0.15) is 5.26 Å². The number of esters is 1. The molecule has 0 saturated carbocycles. The van der Waals surface area contributed by atoms with Gasteiger partial charge in [-0.05, 0) is 20.9 Å². The molecule has 0 spiro atoms. The van der Waals surface area contributed by atoms with Crippen LogP contribution in [-0.4, -0.2) is 37.6 Å². The van der Waals surface area contributed by atoms with Gasteiger partial charge in [0, 0.05) is 12.6 Å². The van der Waals surface area contributed by atoms with E-state index in [1.165, 1.54) is 7.11 Å². The summed E-state index contributed by atoms with van der Waals surface area (Å²) in [6.07, 6.45) is 0. The number of nitriles is 1. The van der Waals surface area contributed by atoms with Gasteiger partial charge in [0.05, 0.1) is 25.0 Å². The average molecular weight is 212 g/mol. The second-order valence-electron chi connectivity index (χ2n) is 4.02. The lowest BCUT2D eigenvalue weighted by Crippen LogP contribution is -2.40. The molecule has 0 rings (SSSR count). The van der Waals surface area contributed by atoms with E-state index in [-0.39, 0.29) is 23.8 Å². The highest BCUT2D eigenvalue weighted by atomic mass is 16.5. The standard InChI is InChI=1S/C11H20N2O2/c1-8(6-12)7-13(4)10(3)9(2)11(14)15-5/h8-10H,7H2,1-5H3. The second kappa shape index (κ2) is 6.41. The normalized spacial score (nSPS) is 16.6. The Bertz CT molecular complexity index is 247. The van der Waals surface area contributed by atoms with Crippen LogP contribution in [0.2, 0.25) is 0 Å². The van der Waals surface area contributed by atoms with Crippen LogP contribution in [0, 0.1) is 23.2 Å². The van der Waals surface area contributed by atoms with Crippen LogP contribution in [-0.2, 0) is 9.53 Å². The van der Waals surface area contributed by atoms with Crippen molar-refractivity contribution in [1.82, 2.24) is 4.90 Å². The van der Waals surface area contributed by atoms with Crippen molar-refractivity contribution >= 4 is 5.97 Å². The minimum absolute atomic E-state index is 0.0257. The molecule has 0 aromatic carbocycles. The number of rotatable bonds is 5. The molecule has 0 aliphatic rings. The number of ether oxygens (including phenoxy) is 1. The van der Waals surface area contributed by atoms with E-state index in [1.54, 1.807) is 0 Å². The van der Waals surface area contributed by atoms with Gasteiger partial charge in [0.1, 0.15) is 0 Å². The van der Waals surface area contributed by atoms with E-state index in [0.29, 0.717) is 6.54 Å². The lowest BCUT2D eigenvalue weighted by molar-refractivity contribution is -0.146. The van der Waals surface area contributed by atoms with Crippen LogP contribution in [0.25, 0.3) is 0 Å². The van der Waals surface area contributed by atoms with E-state index in [9.17, 15) is 4.79 Å². The monoisotopic (exact) mass is 212 g/mol. The molecule has 3 unspecified atom stereocenters. The predicted octanol–water partition coefficient (Wildman–Crippen LogP) is 1.28. The van der Waals surface area contributed by atoms with Crippen LogP contribution in [0.3, 0.4) is 0 Å². The summed E-state index contributed by atoms with van der Waals surface area (Å²) in [5, 5.41) is 8.69. The molecule has 86 valence electrons. The van der Waals surface area contributed by atoms with Gasteiger partial charge in [-0.1, -0.05) is 6.92 Å². The summed E-state index contributed by atoms with van der Waals surface area (Å²) in [5.41, 5.74) is 0. The molecule has 3 atom stereocenters. The van der Waals surface area contributed by atoms with Crippen molar-refractivity contribution in [3.63, 3.8) is 0 Å². The minimum atomic E-state index is -0.209. The molecule has 0 amide bonds. The molecule has 0 aliphatic carbocycles. The molecule has 0 saturated heterocycles. The molecule has 4 heteroatoms. The first-order valence-electron chi connectivity index (χ1n) is 5.11. The van der Waals surface area contributed by atoms with Crippen LogP contribution < -0.4 is 0 Å². The summed E-state index contributed by atoms with van der Waals surface area (Å²) in [6, 6.07) is 2.25. The van der Waals surface area contributed by atoms with Gasteiger partial charge >= 0.3 is 5.97 Å². The number of hydrogen-bond acceptors (Lipinski definition) is 4. The fraction of sp³-hybridized carbons (Fsp3) is 0.818. The molecule has 0 fully saturated rings. The summed E-state index contributed by atoms with van der Waals surface area (Å²) < 4.78 is 4.68. The fourth-order valence-electron chi connectivity index (χ4n) is 1.40. The van der Waals surface area contributed by atoms with Crippen molar-refractivity contribution in [3.05, 3.63) is 0 Å². The van der Waals surface area contributed by atoms with E-state index in [4.69, 9.17) is 5.26 Å². The summed E-state index contributed by atoms with van der Waals surface area (Å²) in [4.78, 5) is 13.3. The van der Waals surface area contributed by atoms with Gasteiger partial charge in [0.25, 0.3) is 0 Å².